The molecule has 0 aliphatic heterocycles. The van der Waals surface area contributed by atoms with Gasteiger partial charge in [0.2, 0.25) is 5.91 Å². The van der Waals surface area contributed by atoms with E-state index in [9.17, 15) is 13.6 Å². The molecule has 2 rings (SSSR count). The van der Waals surface area contributed by atoms with Crippen molar-refractivity contribution in [3.63, 3.8) is 0 Å². The van der Waals surface area contributed by atoms with Gasteiger partial charge in [-0.1, -0.05) is 17.7 Å². The number of anilines is 1. The number of ether oxygens (including phenoxy) is 2. The molecule has 134 valence electrons. The standard InChI is InChI=1S/C18H13ClF2N2O3/c1-25-16-8-11(2-6-15(16)26-18(20)21)3-7-17(24)23-13-5-4-12(10-22)14(19)9-13/h2-9,18H,1H3,(H,23,24)/b7-3+. The minimum atomic E-state index is -2.96. The Labute approximate surface area is 153 Å². The van der Waals surface area contributed by atoms with Gasteiger partial charge < -0.3 is 14.8 Å². The topological polar surface area (TPSA) is 71.3 Å². The normalized spacial score (nSPS) is 10.6. The largest absolute Gasteiger partial charge is 0.493 e. The number of nitrogens with zero attached hydrogens (tertiary/aromatic N) is 1. The van der Waals surface area contributed by atoms with Crippen molar-refractivity contribution in [2.45, 2.75) is 6.61 Å². The first-order chi connectivity index (χ1) is 12.4. The van der Waals surface area contributed by atoms with Gasteiger partial charge in [-0.3, -0.25) is 4.79 Å². The number of rotatable bonds is 6. The predicted molar refractivity (Wildman–Crippen MR) is 93.5 cm³/mol. The molecular weight excluding hydrogens is 366 g/mol. The lowest BCUT2D eigenvalue weighted by atomic mass is 10.2. The lowest BCUT2D eigenvalue weighted by Gasteiger charge is -2.10. The van der Waals surface area contributed by atoms with Crippen molar-refractivity contribution in [2.75, 3.05) is 12.4 Å². The van der Waals surface area contributed by atoms with Crippen LogP contribution in [0.4, 0.5) is 14.5 Å². The average molecular weight is 379 g/mol. The van der Waals surface area contributed by atoms with Crippen LogP contribution in [-0.2, 0) is 4.79 Å². The molecule has 1 N–H and O–H groups in total. The van der Waals surface area contributed by atoms with Gasteiger partial charge in [0, 0.05) is 11.8 Å². The molecule has 0 fully saturated rings. The van der Waals surface area contributed by atoms with Gasteiger partial charge in [-0.2, -0.15) is 14.0 Å². The van der Waals surface area contributed by atoms with Crippen LogP contribution in [-0.4, -0.2) is 19.6 Å². The highest BCUT2D eigenvalue weighted by Gasteiger charge is 2.10. The number of benzene rings is 2. The van der Waals surface area contributed by atoms with E-state index in [1.807, 2.05) is 6.07 Å². The number of carbonyl (C=O) groups is 1. The maximum absolute atomic E-state index is 12.3. The molecule has 5 nitrogen and oxygen atoms in total. The first-order valence-electron chi connectivity index (χ1n) is 7.24. The zero-order valence-electron chi connectivity index (χ0n) is 13.5. The summed E-state index contributed by atoms with van der Waals surface area (Å²) in [5.74, 6) is -0.416. The monoisotopic (exact) mass is 378 g/mol. The SMILES string of the molecule is COc1cc(/C=C/C(=O)Nc2ccc(C#N)c(Cl)c2)ccc1OC(F)F. The third-order valence-electron chi connectivity index (χ3n) is 3.19. The van der Waals surface area contributed by atoms with E-state index in [4.69, 9.17) is 21.6 Å². The predicted octanol–water partition coefficient (Wildman–Crippen LogP) is 4.47. The number of amides is 1. The van der Waals surface area contributed by atoms with Crippen LogP contribution in [0.1, 0.15) is 11.1 Å². The molecule has 1 amide bonds. The Balaban J connectivity index is 2.08. The summed E-state index contributed by atoms with van der Waals surface area (Å²) >= 11 is 5.90. The van der Waals surface area contributed by atoms with Gasteiger partial charge in [-0.15, -0.1) is 0 Å². The van der Waals surface area contributed by atoms with Gasteiger partial charge in [-0.25, -0.2) is 0 Å². The number of alkyl halides is 2. The van der Waals surface area contributed by atoms with Gasteiger partial charge in [0.15, 0.2) is 11.5 Å². The molecule has 0 saturated heterocycles. The zero-order valence-corrected chi connectivity index (χ0v) is 14.3. The molecule has 0 aliphatic rings. The third-order valence-corrected chi connectivity index (χ3v) is 3.50. The maximum atomic E-state index is 12.3. The third kappa shape index (κ3) is 5.19. The molecule has 0 spiro atoms. The molecule has 2 aromatic carbocycles. The van der Waals surface area contributed by atoms with Gasteiger partial charge in [0.05, 0.1) is 17.7 Å². The van der Waals surface area contributed by atoms with Crippen molar-refractivity contribution < 1.29 is 23.0 Å². The van der Waals surface area contributed by atoms with Crippen LogP contribution in [0.25, 0.3) is 6.08 Å². The Morgan fingerprint density at radius 3 is 2.65 bits per heavy atom. The van der Waals surface area contributed by atoms with E-state index in [0.717, 1.165) is 0 Å². The lowest BCUT2D eigenvalue weighted by molar-refractivity contribution is -0.111. The quantitative estimate of drug-likeness (QED) is 0.752. The molecule has 8 heteroatoms. The molecule has 0 atom stereocenters. The number of methoxy groups -OCH3 is 1. The van der Waals surface area contributed by atoms with E-state index in [-0.39, 0.29) is 16.5 Å². The number of hydrogen-bond donors (Lipinski definition) is 1. The molecule has 0 aromatic heterocycles. The number of carbonyl (C=O) groups excluding carboxylic acids is 1. The summed E-state index contributed by atoms with van der Waals surface area (Å²) in [5, 5.41) is 11.6. The smallest absolute Gasteiger partial charge is 0.387 e. The first-order valence-corrected chi connectivity index (χ1v) is 7.62. The van der Waals surface area contributed by atoms with Crippen LogP contribution in [0.15, 0.2) is 42.5 Å². The van der Waals surface area contributed by atoms with Gasteiger partial charge >= 0.3 is 6.61 Å². The molecule has 0 aliphatic carbocycles. The van der Waals surface area contributed by atoms with Crippen molar-refractivity contribution in [2.24, 2.45) is 0 Å². The van der Waals surface area contributed by atoms with Crippen LogP contribution in [0.2, 0.25) is 5.02 Å². The van der Waals surface area contributed by atoms with Crippen LogP contribution >= 0.6 is 11.6 Å². The zero-order chi connectivity index (χ0) is 19.1. The van der Waals surface area contributed by atoms with Crippen LogP contribution in [0, 0.1) is 11.3 Å². The van der Waals surface area contributed by atoms with E-state index in [0.29, 0.717) is 16.8 Å². The van der Waals surface area contributed by atoms with Crippen LogP contribution in [0.5, 0.6) is 11.5 Å². The van der Waals surface area contributed by atoms with E-state index >= 15 is 0 Å². The van der Waals surface area contributed by atoms with Crippen molar-refractivity contribution in [1.82, 2.24) is 0 Å². The van der Waals surface area contributed by atoms with Gasteiger partial charge in [0.25, 0.3) is 0 Å². The summed E-state index contributed by atoms with van der Waals surface area (Å²) in [6, 6.07) is 10.7. The Hall–Kier alpha value is -3.11. The Bertz CT molecular complexity index is 879. The molecule has 0 radical (unpaired) electrons. The number of hydrogen-bond acceptors (Lipinski definition) is 4. The Kier molecular flexibility index (Phi) is 6.53. The summed E-state index contributed by atoms with van der Waals surface area (Å²) in [5.41, 5.74) is 1.29. The summed E-state index contributed by atoms with van der Waals surface area (Å²) < 4.78 is 33.9. The number of halogens is 3. The molecular formula is C18H13ClF2N2O3. The Morgan fingerprint density at radius 2 is 2.04 bits per heavy atom. The highest BCUT2D eigenvalue weighted by Crippen LogP contribution is 2.29. The van der Waals surface area contributed by atoms with Crippen molar-refractivity contribution in [1.29, 1.82) is 5.26 Å². The molecule has 2 aromatic rings. The van der Waals surface area contributed by atoms with Crippen molar-refractivity contribution >= 4 is 29.3 Å². The fourth-order valence-electron chi connectivity index (χ4n) is 2.02. The van der Waals surface area contributed by atoms with E-state index in [1.165, 1.54) is 49.6 Å². The molecule has 0 saturated carbocycles. The highest BCUT2D eigenvalue weighted by molar-refractivity contribution is 6.32. The summed E-state index contributed by atoms with van der Waals surface area (Å²) in [6.07, 6.45) is 2.74. The van der Waals surface area contributed by atoms with E-state index < -0.39 is 12.5 Å². The summed E-state index contributed by atoms with van der Waals surface area (Å²) in [6.45, 7) is -2.96. The van der Waals surface area contributed by atoms with Gasteiger partial charge in [0.1, 0.15) is 6.07 Å². The summed E-state index contributed by atoms with van der Waals surface area (Å²) in [4.78, 5) is 12.0. The van der Waals surface area contributed by atoms with E-state index in [2.05, 4.69) is 10.1 Å². The fraction of sp³-hybridized carbons (Fsp3) is 0.111. The average Bonchev–Trinajstić information content (AvgIpc) is 2.60. The molecule has 0 heterocycles. The number of nitriles is 1. The second-order valence-corrected chi connectivity index (χ2v) is 5.33. The summed E-state index contributed by atoms with van der Waals surface area (Å²) in [7, 11) is 1.32. The van der Waals surface area contributed by atoms with Gasteiger partial charge in [-0.05, 0) is 42.0 Å². The molecule has 0 unspecified atom stereocenters. The minimum absolute atomic E-state index is 0.101. The maximum Gasteiger partial charge on any atom is 0.387 e. The molecule has 26 heavy (non-hydrogen) atoms. The lowest BCUT2D eigenvalue weighted by Crippen LogP contribution is -2.07. The first kappa shape index (κ1) is 19.2. The second kappa shape index (κ2) is 8.83. The van der Waals surface area contributed by atoms with Crippen molar-refractivity contribution in [3.8, 4) is 17.6 Å². The van der Waals surface area contributed by atoms with Crippen LogP contribution < -0.4 is 14.8 Å². The Morgan fingerprint density at radius 1 is 1.27 bits per heavy atom. The highest BCUT2D eigenvalue weighted by atomic mass is 35.5. The van der Waals surface area contributed by atoms with Crippen molar-refractivity contribution in [3.05, 3.63) is 58.6 Å². The molecule has 0 bridgehead atoms. The van der Waals surface area contributed by atoms with E-state index in [1.54, 1.807) is 6.07 Å². The fourth-order valence-corrected chi connectivity index (χ4v) is 2.24. The number of nitrogens with one attached hydrogen (secondary N) is 1. The minimum Gasteiger partial charge on any atom is -0.493 e. The van der Waals surface area contributed by atoms with Crippen LogP contribution in [0.3, 0.4) is 0 Å². The second-order valence-electron chi connectivity index (χ2n) is 4.92.